The molecule has 2 heterocycles. The normalized spacial score (nSPS) is 20.8. The van der Waals surface area contributed by atoms with E-state index in [0.717, 1.165) is 30.2 Å². The number of likely N-dealkylation sites (tertiary alicyclic amines) is 1. The van der Waals surface area contributed by atoms with Crippen molar-refractivity contribution in [3.05, 3.63) is 47.3 Å². The lowest BCUT2D eigenvalue weighted by atomic mass is 9.89. The van der Waals surface area contributed by atoms with E-state index < -0.39 is 0 Å². The van der Waals surface area contributed by atoms with Crippen LogP contribution < -0.4 is 11.1 Å². The summed E-state index contributed by atoms with van der Waals surface area (Å²) < 4.78 is 1.79. The molecule has 1 aromatic heterocycles. The number of amides is 1. The summed E-state index contributed by atoms with van der Waals surface area (Å²) >= 11 is 0. The van der Waals surface area contributed by atoms with Crippen LogP contribution in [0.2, 0.25) is 0 Å². The average Bonchev–Trinajstić information content (AvgIpc) is 3.11. The van der Waals surface area contributed by atoms with Crippen molar-refractivity contribution >= 4 is 11.6 Å². The lowest BCUT2D eigenvalue weighted by Gasteiger charge is -2.16. The zero-order valence-electron chi connectivity index (χ0n) is 15.2. The molecule has 0 radical (unpaired) electrons. The maximum absolute atomic E-state index is 12.5. The largest absolute Gasteiger partial charge is 0.330 e. The van der Waals surface area contributed by atoms with Gasteiger partial charge in [-0.05, 0) is 31.9 Å². The highest BCUT2D eigenvalue weighted by molar-refractivity contribution is 5.93. The second kappa shape index (κ2) is 7.37. The first-order valence-electron chi connectivity index (χ1n) is 8.77. The minimum Gasteiger partial charge on any atom is -0.330 e. The number of nitrogens with two attached hydrogens (primary N) is 1. The van der Waals surface area contributed by atoms with E-state index >= 15 is 0 Å². The third-order valence-electron chi connectivity index (χ3n) is 5.19. The number of rotatable bonds is 5. The standard InChI is InChI=1S/C19H27N5O/c1-13-19(14(2)23(3)22-13)21-18(25)12-24-10-16(9-20)17(11-24)15-7-5-4-6-8-15/h4-8,16-17H,9-12,20H2,1-3H3,(H,21,25)/t16-,17+/m1/s1. The first-order chi connectivity index (χ1) is 12.0. The molecule has 1 fully saturated rings. The minimum absolute atomic E-state index is 0.00341. The van der Waals surface area contributed by atoms with E-state index in [9.17, 15) is 4.79 Å². The highest BCUT2D eigenvalue weighted by Crippen LogP contribution is 2.31. The highest BCUT2D eigenvalue weighted by Gasteiger charge is 2.33. The van der Waals surface area contributed by atoms with Gasteiger partial charge in [0.2, 0.25) is 5.91 Å². The highest BCUT2D eigenvalue weighted by atomic mass is 16.2. The molecule has 2 aromatic rings. The number of anilines is 1. The van der Waals surface area contributed by atoms with Gasteiger partial charge in [0.05, 0.1) is 23.6 Å². The summed E-state index contributed by atoms with van der Waals surface area (Å²) in [6, 6.07) is 10.5. The van der Waals surface area contributed by atoms with Gasteiger partial charge < -0.3 is 11.1 Å². The van der Waals surface area contributed by atoms with Crippen molar-refractivity contribution in [3.63, 3.8) is 0 Å². The molecule has 0 bridgehead atoms. The van der Waals surface area contributed by atoms with Crippen molar-refractivity contribution in [1.29, 1.82) is 0 Å². The second-order valence-electron chi connectivity index (χ2n) is 6.92. The van der Waals surface area contributed by atoms with Crippen LogP contribution >= 0.6 is 0 Å². The summed E-state index contributed by atoms with van der Waals surface area (Å²) in [4.78, 5) is 14.7. The first kappa shape index (κ1) is 17.6. The van der Waals surface area contributed by atoms with Gasteiger partial charge in [-0.2, -0.15) is 5.10 Å². The molecule has 25 heavy (non-hydrogen) atoms. The average molecular weight is 341 g/mol. The Morgan fingerprint density at radius 2 is 2.00 bits per heavy atom. The number of aryl methyl sites for hydroxylation is 2. The van der Waals surface area contributed by atoms with Crippen LogP contribution in [-0.2, 0) is 11.8 Å². The molecule has 1 aromatic carbocycles. The van der Waals surface area contributed by atoms with E-state index in [1.165, 1.54) is 5.56 Å². The molecule has 6 heteroatoms. The summed E-state index contributed by atoms with van der Waals surface area (Å²) in [5.41, 5.74) is 9.92. The summed E-state index contributed by atoms with van der Waals surface area (Å²) in [5, 5.41) is 7.36. The van der Waals surface area contributed by atoms with Gasteiger partial charge in [0.25, 0.3) is 0 Å². The first-order valence-corrected chi connectivity index (χ1v) is 8.77. The van der Waals surface area contributed by atoms with E-state index in [-0.39, 0.29) is 5.91 Å². The molecule has 1 amide bonds. The van der Waals surface area contributed by atoms with Gasteiger partial charge in [0.15, 0.2) is 0 Å². The van der Waals surface area contributed by atoms with Crippen molar-refractivity contribution in [2.75, 3.05) is 31.5 Å². The summed E-state index contributed by atoms with van der Waals surface area (Å²) in [6.45, 7) is 6.61. The lowest BCUT2D eigenvalue weighted by molar-refractivity contribution is -0.117. The molecule has 2 atom stereocenters. The number of nitrogens with zero attached hydrogens (tertiary/aromatic N) is 3. The number of carbonyl (C=O) groups excluding carboxylic acids is 1. The fourth-order valence-electron chi connectivity index (χ4n) is 3.74. The smallest absolute Gasteiger partial charge is 0.238 e. The van der Waals surface area contributed by atoms with Crippen molar-refractivity contribution in [2.24, 2.45) is 18.7 Å². The molecule has 0 unspecified atom stereocenters. The van der Waals surface area contributed by atoms with E-state index in [4.69, 9.17) is 5.73 Å². The molecule has 0 saturated carbocycles. The molecule has 0 aliphatic carbocycles. The number of benzene rings is 1. The molecule has 1 aliphatic rings. The predicted molar refractivity (Wildman–Crippen MR) is 99.5 cm³/mol. The fraction of sp³-hybridized carbons (Fsp3) is 0.474. The van der Waals surface area contributed by atoms with E-state index in [1.54, 1.807) is 4.68 Å². The molecular formula is C19H27N5O. The third-order valence-corrected chi connectivity index (χ3v) is 5.19. The number of hydrogen-bond acceptors (Lipinski definition) is 4. The molecule has 1 aliphatic heterocycles. The predicted octanol–water partition coefficient (Wildman–Crippen LogP) is 1.65. The Balaban J connectivity index is 1.64. The molecule has 6 nitrogen and oxygen atoms in total. The number of nitrogens with one attached hydrogen (secondary N) is 1. The molecule has 3 rings (SSSR count). The van der Waals surface area contributed by atoms with E-state index in [1.807, 2.05) is 27.0 Å². The van der Waals surface area contributed by atoms with E-state index in [2.05, 4.69) is 39.6 Å². The lowest BCUT2D eigenvalue weighted by Crippen LogP contribution is -2.32. The monoisotopic (exact) mass is 341 g/mol. The van der Waals surface area contributed by atoms with Gasteiger partial charge >= 0.3 is 0 Å². The van der Waals surface area contributed by atoms with Gasteiger partial charge in [0, 0.05) is 26.1 Å². The SMILES string of the molecule is Cc1nn(C)c(C)c1NC(=O)CN1C[C@@H](CN)[C@H](c2ccccc2)C1. The molecule has 0 spiro atoms. The van der Waals surface area contributed by atoms with Crippen molar-refractivity contribution in [3.8, 4) is 0 Å². The molecule has 1 saturated heterocycles. The van der Waals surface area contributed by atoms with Crippen LogP contribution in [0.15, 0.2) is 30.3 Å². The Morgan fingerprint density at radius 1 is 1.28 bits per heavy atom. The van der Waals surface area contributed by atoms with Gasteiger partial charge in [-0.15, -0.1) is 0 Å². The van der Waals surface area contributed by atoms with Gasteiger partial charge in [-0.3, -0.25) is 14.4 Å². The second-order valence-corrected chi connectivity index (χ2v) is 6.92. The van der Waals surface area contributed by atoms with Crippen molar-refractivity contribution < 1.29 is 4.79 Å². The molecule has 3 N–H and O–H groups in total. The fourth-order valence-corrected chi connectivity index (χ4v) is 3.74. The van der Waals surface area contributed by atoms with Crippen LogP contribution in [0, 0.1) is 19.8 Å². The van der Waals surface area contributed by atoms with Crippen LogP contribution in [0.25, 0.3) is 0 Å². The Hall–Kier alpha value is -2.18. The quantitative estimate of drug-likeness (QED) is 0.867. The summed E-state index contributed by atoms with van der Waals surface area (Å²) in [5.74, 6) is 0.779. The maximum atomic E-state index is 12.5. The zero-order valence-corrected chi connectivity index (χ0v) is 15.2. The third kappa shape index (κ3) is 3.75. The topological polar surface area (TPSA) is 76.2 Å². The zero-order chi connectivity index (χ0) is 18.0. The summed E-state index contributed by atoms with van der Waals surface area (Å²) in [6.07, 6.45) is 0. The number of hydrogen-bond donors (Lipinski definition) is 2. The Morgan fingerprint density at radius 3 is 2.60 bits per heavy atom. The van der Waals surface area contributed by atoms with Crippen molar-refractivity contribution in [2.45, 2.75) is 19.8 Å². The number of aromatic nitrogens is 2. The van der Waals surface area contributed by atoms with Gasteiger partial charge in [-0.25, -0.2) is 0 Å². The van der Waals surface area contributed by atoms with Gasteiger partial charge in [-0.1, -0.05) is 30.3 Å². The van der Waals surface area contributed by atoms with Crippen LogP contribution in [0.4, 0.5) is 5.69 Å². The van der Waals surface area contributed by atoms with Gasteiger partial charge in [0.1, 0.15) is 0 Å². The minimum atomic E-state index is 0.00341. The Bertz CT molecular complexity index is 740. The summed E-state index contributed by atoms with van der Waals surface area (Å²) in [7, 11) is 1.88. The Labute approximate surface area is 149 Å². The maximum Gasteiger partial charge on any atom is 0.238 e. The van der Waals surface area contributed by atoms with Crippen LogP contribution in [0.5, 0.6) is 0 Å². The molecule has 134 valence electrons. The Kier molecular flexibility index (Phi) is 5.20. The number of carbonyl (C=O) groups is 1. The van der Waals surface area contributed by atoms with E-state index in [0.29, 0.717) is 24.9 Å². The van der Waals surface area contributed by atoms with Crippen LogP contribution in [0.3, 0.4) is 0 Å². The molecular weight excluding hydrogens is 314 g/mol. The van der Waals surface area contributed by atoms with Crippen LogP contribution in [0.1, 0.15) is 22.9 Å². The van der Waals surface area contributed by atoms with Crippen molar-refractivity contribution in [1.82, 2.24) is 14.7 Å². The van der Waals surface area contributed by atoms with Crippen LogP contribution in [-0.4, -0.2) is 46.8 Å².